The van der Waals surface area contributed by atoms with E-state index in [9.17, 15) is 9.59 Å². The summed E-state index contributed by atoms with van der Waals surface area (Å²) in [4.78, 5) is 25.5. The average molecular weight is 342 g/mol. The lowest BCUT2D eigenvalue weighted by Gasteiger charge is -2.28. The number of methoxy groups -OCH3 is 1. The molecular weight excluding hydrogens is 322 g/mol. The topological polar surface area (TPSA) is 46.6 Å². The third-order valence-corrected chi connectivity index (χ3v) is 3.73. The van der Waals surface area contributed by atoms with Crippen molar-refractivity contribution in [2.24, 2.45) is 0 Å². The zero-order valence-electron chi connectivity index (χ0n) is 12.1. The lowest BCUT2D eigenvalue weighted by molar-refractivity contribution is -0.140. The van der Waals surface area contributed by atoms with E-state index in [-0.39, 0.29) is 24.3 Å². The van der Waals surface area contributed by atoms with Gasteiger partial charge < -0.3 is 9.64 Å². The van der Waals surface area contributed by atoms with Crippen LogP contribution in [-0.4, -0.2) is 36.5 Å². The molecule has 0 fully saturated rings. The first-order chi connectivity index (χ1) is 9.49. The van der Waals surface area contributed by atoms with Crippen molar-refractivity contribution in [2.75, 3.05) is 13.7 Å². The predicted octanol–water partition coefficient (Wildman–Crippen LogP) is 3.25. The van der Waals surface area contributed by atoms with Gasteiger partial charge in [-0.2, -0.15) is 0 Å². The van der Waals surface area contributed by atoms with Gasteiger partial charge in [-0.05, 0) is 31.5 Å². The number of esters is 1. The van der Waals surface area contributed by atoms with Gasteiger partial charge in [0.1, 0.15) is 0 Å². The standard InChI is InChI=1S/C15H20BrNO3/c1-4-11(2)17(9-8-14(18)20-3)15(19)12-6-5-7-13(16)10-12/h5-7,10-11H,4,8-9H2,1-3H3. The highest BCUT2D eigenvalue weighted by Gasteiger charge is 2.21. The van der Waals surface area contributed by atoms with Crippen LogP contribution in [-0.2, 0) is 9.53 Å². The molecule has 0 bridgehead atoms. The summed E-state index contributed by atoms with van der Waals surface area (Å²) < 4.78 is 5.50. The van der Waals surface area contributed by atoms with Crippen molar-refractivity contribution in [3.63, 3.8) is 0 Å². The number of carbonyl (C=O) groups is 2. The summed E-state index contributed by atoms with van der Waals surface area (Å²) in [5, 5.41) is 0. The van der Waals surface area contributed by atoms with Crippen molar-refractivity contribution in [1.82, 2.24) is 4.90 Å². The number of halogens is 1. The Labute approximate surface area is 128 Å². The monoisotopic (exact) mass is 341 g/mol. The highest BCUT2D eigenvalue weighted by molar-refractivity contribution is 9.10. The van der Waals surface area contributed by atoms with Crippen LogP contribution in [0.4, 0.5) is 0 Å². The maximum Gasteiger partial charge on any atom is 0.307 e. The summed E-state index contributed by atoms with van der Waals surface area (Å²) in [6, 6.07) is 7.34. The quantitative estimate of drug-likeness (QED) is 0.746. The van der Waals surface area contributed by atoms with E-state index >= 15 is 0 Å². The van der Waals surface area contributed by atoms with Crippen LogP contribution in [0.25, 0.3) is 0 Å². The number of amides is 1. The molecule has 1 unspecified atom stereocenters. The smallest absolute Gasteiger partial charge is 0.307 e. The van der Waals surface area contributed by atoms with E-state index in [1.54, 1.807) is 17.0 Å². The van der Waals surface area contributed by atoms with Gasteiger partial charge in [0.2, 0.25) is 0 Å². The summed E-state index contributed by atoms with van der Waals surface area (Å²) in [5.74, 6) is -0.370. The highest BCUT2D eigenvalue weighted by Crippen LogP contribution is 2.16. The van der Waals surface area contributed by atoms with Crippen molar-refractivity contribution in [1.29, 1.82) is 0 Å². The molecule has 1 atom stereocenters. The Morgan fingerprint density at radius 3 is 2.65 bits per heavy atom. The molecule has 110 valence electrons. The molecule has 5 heteroatoms. The molecule has 0 saturated heterocycles. The van der Waals surface area contributed by atoms with E-state index in [0.29, 0.717) is 12.1 Å². The zero-order valence-corrected chi connectivity index (χ0v) is 13.6. The molecule has 1 aromatic carbocycles. The van der Waals surface area contributed by atoms with Gasteiger partial charge in [0, 0.05) is 22.6 Å². The fourth-order valence-electron chi connectivity index (χ4n) is 1.84. The van der Waals surface area contributed by atoms with Gasteiger partial charge in [-0.3, -0.25) is 9.59 Å². The van der Waals surface area contributed by atoms with Gasteiger partial charge in [0.25, 0.3) is 5.91 Å². The van der Waals surface area contributed by atoms with Crippen molar-refractivity contribution in [3.05, 3.63) is 34.3 Å². The number of benzene rings is 1. The maximum atomic E-state index is 12.6. The Bertz CT molecular complexity index is 476. The molecule has 1 amide bonds. The second-order valence-electron chi connectivity index (χ2n) is 4.59. The number of hydrogen-bond acceptors (Lipinski definition) is 3. The second-order valence-corrected chi connectivity index (χ2v) is 5.51. The van der Waals surface area contributed by atoms with Gasteiger partial charge in [-0.1, -0.05) is 28.9 Å². The molecule has 0 saturated carbocycles. The van der Waals surface area contributed by atoms with E-state index in [4.69, 9.17) is 0 Å². The van der Waals surface area contributed by atoms with Gasteiger partial charge >= 0.3 is 5.97 Å². The predicted molar refractivity (Wildman–Crippen MR) is 81.6 cm³/mol. The maximum absolute atomic E-state index is 12.6. The van der Waals surface area contributed by atoms with Crippen LogP contribution < -0.4 is 0 Å². The van der Waals surface area contributed by atoms with Crippen molar-refractivity contribution < 1.29 is 14.3 Å². The van der Waals surface area contributed by atoms with Crippen LogP contribution in [0, 0.1) is 0 Å². The molecule has 0 aliphatic heterocycles. The van der Waals surface area contributed by atoms with Crippen LogP contribution in [0.1, 0.15) is 37.0 Å². The van der Waals surface area contributed by atoms with Crippen LogP contribution >= 0.6 is 15.9 Å². The molecule has 1 rings (SSSR count). The Morgan fingerprint density at radius 1 is 1.40 bits per heavy atom. The SMILES string of the molecule is CCC(C)N(CCC(=O)OC)C(=O)c1cccc(Br)c1. The number of carbonyl (C=O) groups excluding carboxylic acids is 2. The Morgan fingerprint density at radius 2 is 2.10 bits per heavy atom. The normalized spacial score (nSPS) is 11.8. The molecule has 0 N–H and O–H groups in total. The summed E-state index contributed by atoms with van der Waals surface area (Å²) in [6.45, 7) is 4.37. The summed E-state index contributed by atoms with van der Waals surface area (Å²) in [6.07, 6.45) is 1.04. The van der Waals surface area contributed by atoms with E-state index in [1.165, 1.54) is 7.11 Å². The Balaban J connectivity index is 2.87. The van der Waals surface area contributed by atoms with Crippen LogP contribution in [0.3, 0.4) is 0 Å². The Hall–Kier alpha value is -1.36. The van der Waals surface area contributed by atoms with Gasteiger partial charge in [0.15, 0.2) is 0 Å². The number of ether oxygens (including phenoxy) is 1. The fraction of sp³-hybridized carbons (Fsp3) is 0.467. The van der Waals surface area contributed by atoms with Gasteiger partial charge in [-0.25, -0.2) is 0 Å². The van der Waals surface area contributed by atoms with Crippen molar-refractivity contribution in [2.45, 2.75) is 32.7 Å². The Kier molecular flexibility index (Phi) is 6.71. The van der Waals surface area contributed by atoms with Gasteiger partial charge in [-0.15, -0.1) is 0 Å². The summed E-state index contributed by atoms with van der Waals surface area (Å²) >= 11 is 3.36. The largest absolute Gasteiger partial charge is 0.469 e. The lowest BCUT2D eigenvalue weighted by Crippen LogP contribution is -2.39. The third-order valence-electron chi connectivity index (χ3n) is 3.24. The van der Waals surface area contributed by atoms with Crippen LogP contribution in [0.2, 0.25) is 0 Å². The lowest BCUT2D eigenvalue weighted by atomic mass is 10.1. The minimum Gasteiger partial charge on any atom is -0.469 e. The second kappa shape index (κ2) is 8.04. The molecule has 0 aromatic heterocycles. The average Bonchev–Trinajstić information content (AvgIpc) is 2.46. The first-order valence-electron chi connectivity index (χ1n) is 6.63. The number of rotatable bonds is 6. The minimum absolute atomic E-state index is 0.0652. The first kappa shape index (κ1) is 16.7. The highest BCUT2D eigenvalue weighted by atomic mass is 79.9. The molecule has 0 spiro atoms. The molecule has 0 aliphatic carbocycles. The molecule has 1 aromatic rings. The van der Waals surface area contributed by atoms with Crippen LogP contribution in [0.15, 0.2) is 28.7 Å². The van der Waals surface area contributed by atoms with E-state index in [2.05, 4.69) is 20.7 Å². The number of nitrogens with zero attached hydrogens (tertiary/aromatic N) is 1. The van der Waals surface area contributed by atoms with E-state index in [0.717, 1.165) is 10.9 Å². The third kappa shape index (κ3) is 4.63. The molecule has 0 radical (unpaired) electrons. The number of hydrogen-bond donors (Lipinski definition) is 0. The van der Waals surface area contributed by atoms with Crippen molar-refractivity contribution in [3.8, 4) is 0 Å². The zero-order chi connectivity index (χ0) is 15.1. The summed E-state index contributed by atoms with van der Waals surface area (Å²) in [7, 11) is 1.35. The molecular formula is C15H20BrNO3. The van der Waals surface area contributed by atoms with E-state index in [1.807, 2.05) is 26.0 Å². The minimum atomic E-state index is -0.305. The molecule has 20 heavy (non-hydrogen) atoms. The molecule has 0 heterocycles. The van der Waals surface area contributed by atoms with Crippen molar-refractivity contribution >= 4 is 27.8 Å². The fourth-order valence-corrected chi connectivity index (χ4v) is 2.24. The molecule has 4 nitrogen and oxygen atoms in total. The van der Waals surface area contributed by atoms with Crippen LogP contribution in [0.5, 0.6) is 0 Å². The summed E-state index contributed by atoms with van der Waals surface area (Å²) in [5.41, 5.74) is 0.615. The van der Waals surface area contributed by atoms with E-state index < -0.39 is 0 Å². The molecule has 0 aliphatic rings. The first-order valence-corrected chi connectivity index (χ1v) is 7.42. The van der Waals surface area contributed by atoms with Gasteiger partial charge in [0.05, 0.1) is 13.5 Å².